The van der Waals surface area contributed by atoms with Gasteiger partial charge in [-0.15, -0.1) is 0 Å². The molecule has 1 aromatic heterocycles. The molecule has 0 radical (unpaired) electrons. The Bertz CT molecular complexity index is 1080. The number of halogens is 3. The molecule has 8 nitrogen and oxygen atoms in total. The molecule has 0 bridgehead atoms. The summed E-state index contributed by atoms with van der Waals surface area (Å²) in [6.07, 6.45) is -3.24. The predicted octanol–water partition coefficient (Wildman–Crippen LogP) is 2.89. The van der Waals surface area contributed by atoms with Crippen LogP contribution >= 0.6 is 0 Å². The Balaban J connectivity index is 0.000000423. The van der Waals surface area contributed by atoms with Gasteiger partial charge in [0.25, 0.3) is 5.91 Å². The molecule has 0 spiro atoms. The molecule has 0 atom stereocenters. The number of amides is 1. The number of aromatic nitrogens is 1. The predicted molar refractivity (Wildman–Crippen MR) is 107 cm³/mol. The van der Waals surface area contributed by atoms with Crippen LogP contribution < -0.4 is 15.8 Å². The van der Waals surface area contributed by atoms with Gasteiger partial charge in [-0.1, -0.05) is 12.1 Å². The lowest BCUT2D eigenvalue weighted by atomic mass is 10.1. The van der Waals surface area contributed by atoms with Gasteiger partial charge in [-0.05, 0) is 36.4 Å². The lowest BCUT2D eigenvalue weighted by molar-refractivity contribution is -0.192. The van der Waals surface area contributed by atoms with Gasteiger partial charge >= 0.3 is 12.1 Å². The van der Waals surface area contributed by atoms with Gasteiger partial charge in [0.2, 0.25) is 0 Å². The van der Waals surface area contributed by atoms with Crippen molar-refractivity contribution >= 4 is 28.6 Å². The Morgan fingerprint density at radius 3 is 2.48 bits per heavy atom. The van der Waals surface area contributed by atoms with E-state index in [1.165, 1.54) is 0 Å². The Morgan fingerprint density at radius 1 is 1.13 bits per heavy atom. The zero-order valence-electron chi connectivity index (χ0n) is 16.0. The average Bonchev–Trinajstić information content (AvgIpc) is 3.19. The molecule has 0 unspecified atom stereocenters. The van der Waals surface area contributed by atoms with Crippen LogP contribution in [0.5, 0.6) is 5.75 Å². The first-order valence-electron chi connectivity index (χ1n) is 8.80. The maximum absolute atomic E-state index is 12.1. The number of rotatable bonds is 6. The van der Waals surface area contributed by atoms with Gasteiger partial charge in [-0.3, -0.25) is 10.2 Å². The summed E-state index contributed by atoms with van der Waals surface area (Å²) in [7, 11) is 0. The van der Waals surface area contributed by atoms with Crippen LogP contribution in [0, 0.1) is 5.41 Å². The highest BCUT2D eigenvalue weighted by Crippen LogP contribution is 2.15. The van der Waals surface area contributed by atoms with E-state index in [0.717, 1.165) is 10.9 Å². The zero-order chi connectivity index (χ0) is 23.0. The number of aliphatic carboxylic acids is 1. The quantitative estimate of drug-likeness (QED) is 0.230. The first kappa shape index (κ1) is 23.3. The molecule has 1 heterocycles. The van der Waals surface area contributed by atoms with Crippen LogP contribution in [0.4, 0.5) is 13.2 Å². The summed E-state index contributed by atoms with van der Waals surface area (Å²) in [4.78, 5) is 24.1. The van der Waals surface area contributed by atoms with Crippen LogP contribution in [-0.2, 0) is 4.79 Å². The van der Waals surface area contributed by atoms with Crippen molar-refractivity contribution in [3.63, 3.8) is 0 Å². The van der Waals surface area contributed by atoms with Crippen molar-refractivity contribution in [2.45, 2.75) is 6.18 Å². The second-order valence-electron chi connectivity index (χ2n) is 6.13. The highest BCUT2D eigenvalue weighted by Gasteiger charge is 2.38. The third-order valence-electron chi connectivity index (χ3n) is 3.86. The van der Waals surface area contributed by atoms with Crippen molar-refractivity contribution in [2.75, 3.05) is 13.2 Å². The molecule has 0 saturated heterocycles. The zero-order valence-corrected chi connectivity index (χ0v) is 16.0. The highest BCUT2D eigenvalue weighted by molar-refractivity contribution is 5.98. The van der Waals surface area contributed by atoms with Crippen LogP contribution in [0.25, 0.3) is 10.9 Å². The van der Waals surface area contributed by atoms with Crippen molar-refractivity contribution in [3.05, 3.63) is 65.9 Å². The average molecular weight is 436 g/mol. The number of ether oxygens (including phenoxy) is 1. The summed E-state index contributed by atoms with van der Waals surface area (Å²) in [6, 6.07) is 14.4. The third kappa shape index (κ3) is 7.07. The highest BCUT2D eigenvalue weighted by atomic mass is 19.4. The standard InChI is InChI=1S/C18H18N4O2.C2HF3O2/c19-17(20)13-2-1-3-15(11-13)24-9-8-22-18(23)14-4-5-16-12(10-14)6-7-21-16;3-2(4,5)1(6)7/h1-7,10-11,21H,8-9H2,(H3,19,20)(H,22,23);(H,6,7). The minimum Gasteiger partial charge on any atom is -0.492 e. The monoisotopic (exact) mass is 436 g/mol. The van der Waals surface area contributed by atoms with E-state index in [4.69, 9.17) is 25.8 Å². The number of carbonyl (C=O) groups excluding carboxylic acids is 1. The lowest BCUT2D eigenvalue weighted by Gasteiger charge is -2.09. The lowest BCUT2D eigenvalue weighted by Crippen LogP contribution is -2.28. The normalized spacial score (nSPS) is 10.7. The van der Waals surface area contributed by atoms with E-state index >= 15 is 0 Å². The van der Waals surface area contributed by atoms with Gasteiger partial charge in [0, 0.05) is 28.2 Å². The number of amidine groups is 1. The first-order valence-corrected chi connectivity index (χ1v) is 8.80. The molecule has 1 amide bonds. The second kappa shape index (κ2) is 10.1. The molecule has 0 saturated carbocycles. The number of nitrogens with two attached hydrogens (primary N) is 1. The largest absolute Gasteiger partial charge is 0.492 e. The Hall–Kier alpha value is -4.02. The number of hydrogen-bond donors (Lipinski definition) is 5. The van der Waals surface area contributed by atoms with Crippen LogP contribution in [0.2, 0.25) is 0 Å². The van der Waals surface area contributed by atoms with Gasteiger partial charge in [0.15, 0.2) is 0 Å². The fourth-order valence-electron chi connectivity index (χ4n) is 2.38. The van der Waals surface area contributed by atoms with Crippen molar-refractivity contribution in [2.24, 2.45) is 5.73 Å². The van der Waals surface area contributed by atoms with E-state index in [0.29, 0.717) is 30.0 Å². The molecule has 0 aliphatic heterocycles. The van der Waals surface area contributed by atoms with E-state index in [-0.39, 0.29) is 11.7 Å². The van der Waals surface area contributed by atoms with Crippen molar-refractivity contribution in [1.29, 1.82) is 5.41 Å². The minimum atomic E-state index is -5.08. The smallest absolute Gasteiger partial charge is 0.490 e. The fraction of sp³-hybridized carbons (Fsp3) is 0.150. The van der Waals surface area contributed by atoms with Gasteiger partial charge in [-0.25, -0.2) is 4.79 Å². The van der Waals surface area contributed by atoms with Gasteiger partial charge < -0.3 is 25.9 Å². The summed E-state index contributed by atoms with van der Waals surface area (Å²) >= 11 is 0. The van der Waals surface area contributed by atoms with Gasteiger partial charge in [0.05, 0.1) is 6.54 Å². The SMILES string of the molecule is N=C(N)c1cccc(OCCNC(=O)c2ccc3[nH]ccc3c2)c1.O=C(O)C(F)(F)F. The molecule has 11 heteroatoms. The molecule has 3 rings (SSSR count). The molecule has 6 N–H and O–H groups in total. The molecule has 164 valence electrons. The van der Waals surface area contributed by atoms with E-state index < -0.39 is 12.1 Å². The summed E-state index contributed by atoms with van der Waals surface area (Å²) < 4.78 is 37.3. The van der Waals surface area contributed by atoms with Gasteiger partial charge in [-0.2, -0.15) is 13.2 Å². The third-order valence-corrected chi connectivity index (χ3v) is 3.86. The molecular formula is C20H19F3N4O4. The fourth-order valence-corrected chi connectivity index (χ4v) is 2.38. The van der Waals surface area contributed by atoms with Crippen LogP contribution in [0.1, 0.15) is 15.9 Å². The number of hydrogen-bond acceptors (Lipinski definition) is 4. The molecule has 0 aliphatic rings. The Morgan fingerprint density at radius 2 is 1.84 bits per heavy atom. The number of nitrogen functional groups attached to an aromatic ring is 1. The summed E-state index contributed by atoms with van der Waals surface area (Å²) in [5.41, 5.74) is 7.66. The Labute approximate surface area is 174 Å². The topological polar surface area (TPSA) is 141 Å². The van der Waals surface area contributed by atoms with E-state index in [1.807, 2.05) is 24.4 Å². The first-order chi connectivity index (χ1) is 14.6. The molecule has 0 fully saturated rings. The van der Waals surface area contributed by atoms with Crippen molar-refractivity contribution in [3.8, 4) is 5.75 Å². The number of carbonyl (C=O) groups is 2. The molecule has 0 aliphatic carbocycles. The van der Waals surface area contributed by atoms with E-state index in [9.17, 15) is 18.0 Å². The minimum absolute atomic E-state index is 0.00565. The molecule has 31 heavy (non-hydrogen) atoms. The number of benzene rings is 2. The number of carboxylic acids is 1. The van der Waals surface area contributed by atoms with E-state index in [2.05, 4.69) is 10.3 Å². The number of carboxylic acid groups (broad SMARTS) is 1. The summed E-state index contributed by atoms with van der Waals surface area (Å²) in [6.45, 7) is 0.716. The maximum atomic E-state index is 12.1. The number of alkyl halides is 3. The van der Waals surface area contributed by atoms with Crippen LogP contribution in [-0.4, -0.2) is 47.1 Å². The molecular weight excluding hydrogens is 417 g/mol. The number of aromatic amines is 1. The second-order valence-corrected chi connectivity index (χ2v) is 6.13. The van der Waals surface area contributed by atoms with Crippen molar-refractivity contribution < 1.29 is 32.6 Å². The van der Waals surface area contributed by atoms with Crippen molar-refractivity contribution in [1.82, 2.24) is 10.3 Å². The molecule has 3 aromatic rings. The number of H-pyrrole nitrogens is 1. The summed E-state index contributed by atoms with van der Waals surface area (Å²) in [5, 5.41) is 18.4. The Kier molecular flexibility index (Phi) is 7.61. The number of nitrogens with one attached hydrogen (secondary N) is 3. The van der Waals surface area contributed by atoms with Crippen LogP contribution in [0.15, 0.2) is 54.7 Å². The van der Waals surface area contributed by atoms with Gasteiger partial charge in [0.1, 0.15) is 18.2 Å². The van der Waals surface area contributed by atoms with E-state index in [1.54, 1.807) is 30.3 Å². The van der Waals surface area contributed by atoms with Crippen LogP contribution in [0.3, 0.4) is 0 Å². The number of fused-ring (bicyclic) bond motifs is 1. The molecule has 2 aromatic carbocycles. The maximum Gasteiger partial charge on any atom is 0.490 e. The summed E-state index contributed by atoms with van der Waals surface area (Å²) in [5.74, 6) is -2.29.